The Bertz CT molecular complexity index is 1030. The molecule has 9 heteroatoms. The van der Waals surface area contributed by atoms with Gasteiger partial charge in [0, 0.05) is 18.7 Å². The molecule has 1 fully saturated rings. The lowest BCUT2D eigenvalue weighted by atomic mass is 10.1. The van der Waals surface area contributed by atoms with E-state index < -0.39 is 5.92 Å². The maximum Gasteiger partial charge on any atom is 0.231 e. The molecule has 0 spiro atoms. The molecule has 2 heterocycles. The minimum absolute atomic E-state index is 0.116. The smallest absolute Gasteiger partial charge is 0.231 e. The number of para-hydroxylation sites is 1. The number of nitrogens with zero attached hydrogens (tertiary/aromatic N) is 3. The fourth-order valence-corrected chi connectivity index (χ4v) is 4.98. The molecule has 1 saturated heterocycles. The van der Waals surface area contributed by atoms with Crippen molar-refractivity contribution in [3.05, 3.63) is 65.2 Å². The van der Waals surface area contributed by atoms with Crippen LogP contribution in [0.4, 0.5) is 10.8 Å². The van der Waals surface area contributed by atoms with Crippen molar-refractivity contribution in [1.29, 1.82) is 0 Å². The molecule has 3 aromatic rings. The molecule has 6 nitrogen and oxygen atoms in total. The molecule has 2 aromatic carbocycles. The van der Waals surface area contributed by atoms with Crippen molar-refractivity contribution in [2.75, 3.05) is 16.8 Å². The largest absolute Gasteiger partial charge is 0.310 e. The van der Waals surface area contributed by atoms with E-state index in [0.29, 0.717) is 22.4 Å². The number of thioether (sulfide) groups is 1. The number of halogens is 1. The molecule has 2 amide bonds. The standard InChI is InChI=1S/C20H17ClN4O2S2/c21-15-8-4-5-9-16(15)25-11-14(10-17(25)26)18(27)22-19-23-24-20(29-19)28-12-13-6-2-1-3-7-13/h1-9,14H,10-12H2,(H,22,23,27). The van der Waals surface area contributed by atoms with Crippen molar-refractivity contribution < 1.29 is 9.59 Å². The zero-order valence-corrected chi connectivity index (χ0v) is 17.6. The summed E-state index contributed by atoms with van der Waals surface area (Å²) >= 11 is 9.09. The second kappa shape index (κ2) is 8.94. The van der Waals surface area contributed by atoms with Gasteiger partial charge in [0.1, 0.15) is 0 Å². The molecule has 1 unspecified atom stereocenters. The van der Waals surface area contributed by atoms with E-state index in [1.54, 1.807) is 34.9 Å². The van der Waals surface area contributed by atoms with E-state index in [0.717, 1.165) is 10.1 Å². The summed E-state index contributed by atoms with van der Waals surface area (Å²) in [5, 5.41) is 11.9. The first-order valence-corrected chi connectivity index (χ1v) is 11.1. The minimum Gasteiger partial charge on any atom is -0.310 e. The Kier molecular flexibility index (Phi) is 6.13. The summed E-state index contributed by atoms with van der Waals surface area (Å²) in [6, 6.07) is 17.2. The van der Waals surface area contributed by atoms with Gasteiger partial charge in [-0.1, -0.05) is 77.2 Å². The van der Waals surface area contributed by atoms with Crippen LogP contribution in [0.5, 0.6) is 0 Å². The predicted octanol–water partition coefficient (Wildman–Crippen LogP) is 4.48. The lowest BCUT2D eigenvalue weighted by molar-refractivity contribution is -0.122. The van der Waals surface area contributed by atoms with Gasteiger partial charge < -0.3 is 10.2 Å². The van der Waals surface area contributed by atoms with Crippen molar-refractivity contribution in [2.45, 2.75) is 16.5 Å². The number of nitrogens with one attached hydrogen (secondary N) is 1. The first kappa shape index (κ1) is 19.9. The van der Waals surface area contributed by atoms with Gasteiger partial charge in [0.25, 0.3) is 0 Å². The quantitative estimate of drug-likeness (QED) is 0.448. The number of carbonyl (C=O) groups is 2. The molecule has 4 rings (SSSR count). The van der Waals surface area contributed by atoms with Crippen molar-refractivity contribution in [3.8, 4) is 0 Å². The Labute approximate surface area is 181 Å². The van der Waals surface area contributed by atoms with Crippen LogP contribution in [0.3, 0.4) is 0 Å². The summed E-state index contributed by atoms with van der Waals surface area (Å²) in [5.74, 6) is -0.0192. The molecule has 1 aliphatic heterocycles. The average Bonchev–Trinajstić information content (AvgIpc) is 3.34. The molecule has 0 bridgehead atoms. The molecule has 0 aliphatic carbocycles. The highest BCUT2D eigenvalue weighted by atomic mass is 35.5. The Morgan fingerprint density at radius 2 is 1.93 bits per heavy atom. The van der Waals surface area contributed by atoms with Crippen LogP contribution in [0.25, 0.3) is 0 Å². The Balaban J connectivity index is 1.35. The molecular weight excluding hydrogens is 428 g/mol. The van der Waals surface area contributed by atoms with Crippen LogP contribution in [0, 0.1) is 5.92 Å². The van der Waals surface area contributed by atoms with Crippen LogP contribution >= 0.6 is 34.7 Å². The van der Waals surface area contributed by atoms with Crippen LogP contribution < -0.4 is 10.2 Å². The van der Waals surface area contributed by atoms with Crippen molar-refractivity contribution in [2.24, 2.45) is 5.92 Å². The first-order valence-electron chi connectivity index (χ1n) is 8.96. The van der Waals surface area contributed by atoms with Gasteiger partial charge in [-0.3, -0.25) is 9.59 Å². The van der Waals surface area contributed by atoms with Gasteiger partial charge in [0.05, 0.1) is 16.6 Å². The van der Waals surface area contributed by atoms with Crippen LogP contribution in [0.15, 0.2) is 58.9 Å². The van der Waals surface area contributed by atoms with E-state index in [1.165, 1.54) is 16.9 Å². The van der Waals surface area contributed by atoms with Gasteiger partial charge in [0.2, 0.25) is 16.9 Å². The highest BCUT2D eigenvalue weighted by molar-refractivity contribution is 8.00. The Morgan fingerprint density at radius 1 is 1.17 bits per heavy atom. The van der Waals surface area contributed by atoms with E-state index in [4.69, 9.17) is 11.6 Å². The summed E-state index contributed by atoms with van der Waals surface area (Å²) in [6.07, 6.45) is 0.144. The number of carbonyl (C=O) groups excluding carboxylic acids is 2. The summed E-state index contributed by atoms with van der Waals surface area (Å²) in [7, 11) is 0. The monoisotopic (exact) mass is 444 g/mol. The predicted molar refractivity (Wildman–Crippen MR) is 116 cm³/mol. The van der Waals surface area contributed by atoms with E-state index in [-0.39, 0.29) is 18.2 Å². The molecule has 29 heavy (non-hydrogen) atoms. The topological polar surface area (TPSA) is 75.2 Å². The third kappa shape index (κ3) is 4.77. The fourth-order valence-electron chi connectivity index (χ4n) is 3.03. The Morgan fingerprint density at radius 3 is 2.72 bits per heavy atom. The SMILES string of the molecule is O=C(Nc1nnc(SCc2ccccc2)s1)C1CC(=O)N(c2ccccc2Cl)C1. The van der Waals surface area contributed by atoms with Gasteiger partial charge in [-0.15, -0.1) is 10.2 Å². The Hall–Kier alpha value is -2.42. The molecule has 1 N–H and O–H groups in total. The number of hydrogen-bond acceptors (Lipinski definition) is 6. The van der Waals surface area contributed by atoms with Gasteiger partial charge in [-0.2, -0.15) is 0 Å². The number of aromatic nitrogens is 2. The summed E-state index contributed by atoms with van der Waals surface area (Å²) < 4.78 is 0.782. The van der Waals surface area contributed by atoms with E-state index >= 15 is 0 Å². The van der Waals surface area contributed by atoms with Crippen molar-refractivity contribution >= 4 is 57.3 Å². The highest BCUT2D eigenvalue weighted by Crippen LogP contribution is 2.32. The molecule has 1 aromatic heterocycles. The maximum absolute atomic E-state index is 12.6. The van der Waals surface area contributed by atoms with E-state index in [2.05, 4.69) is 27.6 Å². The van der Waals surface area contributed by atoms with Gasteiger partial charge in [0.15, 0.2) is 4.34 Å². The number of rotatable bonds is 6. The van der Waals surface area contributed by atoms with Crippen LogP contribution in [0.1, 0.15) is 12.0 Å². The second-order valence-electron chi connectivity index (χ2n) is 6.49. The lowest BCUT2D eigenvalue weighted by Gasteiger charge is -2.17. The van der Waals surface area contributed by atoms with E-state index in [9.17, 15) is 9.59 Å². The van der Waals surface area contributed by atoms with Gasteiger partial charge >= 0.3 is 0 Å². The highest BCUT2D eigenvalue weighted by Gasteiger charge is 2.36. The fraction of sp³-hybridized carbons (Fsp3) is 0.200. The molecule has 0 saturated carbocycles. The van der Waals surface area contributed by atoms with Crippen molar-refractivity contribution in [1.82, 2.24) is 10.2 Å². The zero-order chi connectivity index (χ0) is 20.2. The van der Waals surface area contributed by atoms with Crippen molar-refractivity contribution in [3.63, 3.8) is 0 Å². The van der Waals surface area contributed by atoms with Gasteiger partial charge in [-0.05, 0) is 17.7 Å². The summed E-state index contributed by atoms with van der Waals surface area (Å²) in [4.78, 5) is 26.6. The number of amides is 2. The van der Waals surface area contributed by atoms with Gasteiger partial charge in [-0.25, -0.2) is 0 Å². The molecule has 148 valence electrons. The zero-order valence-electron chi connectivity index (χ0n) is 15.2. The molecule has 1 aliphatic rings. The minimum atomic E-state index is -0.455. The molecule has 0 radical (unpaired) electrons. The normalized spacial score (nSPS) is 16.2. The summed E-state index contributed by atoms with van der Waals surface area (Å²) in [6.45, 7) is 0.294. The van der Waals surface area contributed by atoms with Crippen LogP contribution in [0.2, 0.25) is 5.02 Å². The number of benzene rings is 2. The first-order chi connectivity index (χ1) is 14.1. The molecular formula is C20H17ClN4O2S2. The average molecular weight is 445 g/mol. The molecule has 1 atom stereocenters. The van der Waals surface area contributed by atoms with Crippen LogP contribution in [-0.2, 0) is 15.3 Å². The number of hydrogen-bond donors (Lipinski definition) is 1. The number of anilines is 2. The maximum atomic E-state index is 12.6. The second-order valence-corrected chi connectivity index (χ2v) is 9.10. The summed E-state index contributed by atoms with van der Waals surface area (Å²) in [5.41, 5.74) is 1.83. The van der Waals surface area contributed by atoms with E-state index in [1.807, 2.05) is 24.3 Å². The van der Waals surface area contributed by atoms with Crippen LogP contribution in [-0.4, -0.2) is 28.6 Å². The third-order valence-electron chi connectivity index (χ3n) is 4.48. The third-order valence-corrected chi connectivity index (χ3v) is 6.84. The lowest BCUT2D eigenvalue weighted by Crippen LogP contribution is -2.28.